The Balaban J connectivity index is 2.18. The number of imidazole rings is 1. The standard InChI is InChI=1S/C17H15N3O2/c1-10-7-12(11(2)22)3-5-14(10)13-4-6-16-19-17(18)15(9-21)20(16)8-13/h3-9H,18H2,1-2H3. The molecule has 0 aliphatic heterocycles. The molecule has 0 fully saturated rings. The molecule has 0 saturated carbocycles. The summed E-state index contributed by atoms with van der Waals surface area (Å²) in [6.45, 7) is 3.50. The number of ketones is 1. The number of benzene rings is 1. The Morgan fingerprint density at radius 3 is 2.68 bits per heavy atom. The molecule has 5 nitrogen and oxygen atoms in total. The second kappa shape index (κ2) is 5.11. The Morgan fingerprint density at radius 1 is 1.27 bits per heavy atom. The van der Waals surface area contributed by atoms with Gasteiger partial charge in [-0.05, 0) is 48.7 Å². The van der Waals surface area contributed by atoms with E-state index in [4.69, 9.17) is 5.73 Å². The molecule has 5 heteroatoms. The first-order valence-electron chi connectivity index (χ1n) is 6.86. The highest BCUT2D eigenvalue weighted by Crippen LogP contribution is 2.26. The molecular weight excluding hydrogens is 278 g/mol. The average molecular weight is 293 g/mol. The van der Waals surface area contributed by atoms with Crippen molar-refractivity contribution in [1.29, 1.82) is 0 Å². The van der Waals surface area contributed by atoms with Gasteiger partial charge in [0.15, 0.2) is 17.9 Å². The lowest BCUT2D eigenvalue weighted by atomic mass is 9.98. The van der Waals surface area contributed by atoms with Gasteiger partial charge in [0, 0.05) is 11.8 Å². The topological polar surface area (TPSA) is 77.5 Å². The van der Waals surface area contributed by atoms with Gasteiger partial charge in [-0.15, -0.1) is 0 Å². The van der Waals surface area contributed by atoms with E-state index in [0.717, 1.165) is 16.7 Å². The first-order valence-corrected chi connectivity index (χ1v) is 6.86. The van der Waals surface area contributed by atoms with Gasteiger partial charge in [-0.3, -0.25) is 14.0 Å². The van der Waals surface area contributed by atoms with Gasteiger partial charge in [-0.25, -0.2) is 4.98 Å². The number of nitrogens with zero attached hydrogens (tertiary/aromatic N) is 2. The van der Waals surface area contributed by atoms with E-state index >= 15 is 0 Å². The fourth-order valence-electron chi connectivity index (χ4n) is 2.56. The molecular formula is C17H15N3O2. The van der Waals surface area contributed by atoms with Crippen molar-refractivity contribution < 1.29 is 9.59 Å². The van der Waals surface area contributed by atoms with Crippen molar-refractivity contribution >= 4 is 23.5 Å². The van der Waals surface area contributed by atoms with E-state index in [1.165, 1.54) is 0 Å². The maximum absolute atomic E-state index is 11.4. The van der Waals surface area contributed by atoms with Crippen molar-refractivity contribution in [2.24, 2.45) is 0 Å². The predicted molar refractivity (Wildman–Crippen MR) is 85.2 cm³/mol. The Morgan fingerprint density at radius 2 is 2.05 bits per heavy atom. The van der Waals surface area contributed by atoms with Crippen LogP contribution in [0.3, 0.4) is 0 Å². The second-order valence-corrected chi connectivity index (χ2v) is 5.23. The number of nitrogens with two attached hydrogens (primary N) is 1. The number of aryl methyl sites for hydroxylation is 1. The van der Waals surface area contributed by atoms with Crippen molar-refractivity contribution in [1.82, 2.24) is 9.38 Å². The Labute approximate surface area is 127 Å². The number of fused-ring (bicyclic) bond motifs is 1. The molecule has 0 bridgehead atoms. The Bertz CT molecular complexity index is 910. The maximum Gasteiger partial charge on any atom is 0.170 e. The number of Topliss-reactive ketones (excluding diaryl/α,β-unsaturated/α-hetero) is 1. The largest absolute Gasteiger partial charge is 0.382 e. The van der Waals surface area contributed by atoms with Gasteiger partial charge in [-0.1, -0.05) is 12.1 Å². The summed E-state index contributed by atoms with van der Waals surface area (Å²) >= 11 is 0. The minimum atomic E-state index is 0.0377. The molecule has 22 heavy (non-hydrogen) atoms. The monoisotopic (exact) mass is 293 g/mol. The lowest BCUT2D eigenvalue weighted by Crippen LogP contribution is -1.97. The van der Waals surface area contributed by atoms with Gasteiger partial charge in [0.25, 0.3) is 0 Å². The second-order valence-electron chi connectivity index (χ2n) is 5.23. The van der Waals surface area contributed by atoms with Crippen LogP contribution in [0.25, 0.3) is 16.8 Å². The molecule has 3 aromatic rings. The zero-order chi connectivity index (χ0) is 15.9. The molecule has 0 aliphatic carbocycles. The molecule has 2 N–H and O–H groups in total. The van der Waals surface area contributed by atoms with E-state index in [9.17, 15) is 9.59 Å². The lowest BCUT2D eigenvalue weighted by molar-refractivity contribution is 0.101. The summed E-state index contributed by atoms with van der Waals surface area (Å²) in [4.78, 5) is 26.7. The summed E-state index contributed by atoms with van der Waals surface area (Å²) in [7, 11) is 0. The highest BCUT2D eigenvalue weighted by atomic mass is 16.1. The number of hydrogen-bond acceptors (Lipinski definition) is 4. The molecule has 0 atom stereocenters. The van der Waals surface area contributed by atoms with E-state index in [1.807, 2.05) is 37.4 Å². The average Bonchev–Trinajstić information content (AvgIpc) is 2.81. The van der Waals surface area contributed by atoms with Crippen molar-refractivity contribution in [3.63, 3.8) is 0 Å². The number of anilines is 1. The molecule has 0 amide bonds. The van der Waals surface area contributed by atoms with Gasteiger partial charge in [-0.2, -0.15) is 0 Å². The van der Waals surface area contributed by atoms with Crippen LogP contribution in [0.2, 0.25) is 0 Å². The van der Waals surface area contributed by atoms with E-state index in [2.05, 4.69) is 4.98 Å². The molecule has 110 valence electrons. The predicted octanol–water partition coefficient (Wildman–Crippen LogP) is 2.91. The van der Waals surface area contributed by atoms with Gasteiger partial charge in [0.1, 0.15) is 11.3 Å². The summed E-state index contributed by atoms with van der Waals surface area (Å²) < 4.78 is 1.68. The Hall–Kier alpha value is -2.95. The van der Waals surface area contributed by atoms with Gasteiger partial charge in [0.05, 0.1) is 0 Å². The van der Waals surface area contributed by atoms with Gasteiger partial charge in [0.2, 0.25) is 0 Å². The number of carbonyl (C=O) groups is 2. The quantitative estimate of drug-likeness (QED) is 0.595. The van der Waals surface area contributed by atoms with Crippen LogP contribution < -0.4 is 5.73 Å². The summed E-state index contributed by atoms with van der Waals surface area (Å²) in [6, 6.07) is 9.32. The fraction of sp³-hybridized carbons (Fsp3) is 0.118. The smallest absolute Gasteiger partial charge is 0.170 e. The number of nitrogen functional groups attached to an aromatic ring is 1. The number of aromatic nitrogens is 2. The summed E-state index contributed by atoms with van der Waals surface area (Å²) in [5.41, 5.74) is 10.3. The van der Waals surface area contributed by atoms with Crippen molar-refractivity contribution in [2.45, 2.75) is 13.8 Å². The van der Waals surface area contributed by atoms with Gasteiger partial charge >= 0.3 is 0 Å². The van der Waals surface area contributed by atoms with Crippen LogP contribution in [0.1, 0.15) is 33.3 Å². The number of rotatable bonds is 3. The molecule has 2 aromatic heterocycles. The molecule has 2 heterocycles. The third kappa shape index (κ3) is 2.16. The van der Waals surface area contributed by atoms with Crippen LogP contribution in [0.15, 0.2) is 36.5 Å². The highest BCUT2D eigenvalue weighted by molar-refractivity contribution is 5.95. The minimum Gasteiger partial charge on any atom is -0.382 e. The molecule has 0 saturated heterocycles. The van der Waals surface area contributed by atoms with Crippen LogP contribution >= 0.6 is 0 Å². The van der Waals surface area contributed by atoms with Crippen molar-refractivity contribution in [3.8, 4) is 11.1 Å². The summed E-state index contributed by atoms with van der Waals surface area (Å²) in [5.74, 6) is 0.256. The number of hydrogen-bond donors (Lipinski definition) is 1. The van der Waals surface area contributed by atoms with Crippen LogP contribution in [0.4, 0.5) is 5.82 Å². The summed E-state index contributed by atoms with van der Waals surface area (Å²) in [5, 5.41) is 0. The zero-order valence-electron chi connectivity index (χ0n) is 12.3. The molecule has 3 rings (SSSR count). The zero-order valence-corrected chi connectivity index (χ0v) is 12.3. The minimum absolute atomic E-state index is 0.0377. The molecule has 0 spiro atoms. The molecule has 0 unspecified atom stereocenters. The highest BCUT2D eigenvalue weighted by Gasteiger charge is 2.11. The number of pyridine rings is 1. The molecule has 0 radical (unpaired) electrons. The SMILES string of the molecule is CC(=O)c1ccc(-c2ccc3nc(N)c(C=O)n3c2)c(C)c1. The lowest BCUT2D eigenvalue weighted by Gasteiger charge is -2.08. The van der Waals surface area contributed by atoms with Crippen LogP contribution in [0, 0.1) is 6.92 Å². The van der Waals surface area contributed by atoms with Crippen LogP contribution in [-0.4, -0.2) is 21.5 Å². The first-order chi connectivity index (χ1) is 10.5. The van der Waals surface area contributed by atoms with Gasteiger partial charge < -0.3 is 5.73 Å². The van der Waals surface area contributed by atoms with E-state index in [-0.39, 0.29) is 11.6 Å². The maximum atomic E-state index is 11.4. The van der Waals surface area contributed by atoms with Crippen molar-refractivity contribution in [2.75, 3.05) is 5.73 Å². The van der Waals surface area contributed by atoms with E-state index in [0.29, 0.717) is 23.2 Å². The number of carbonyl (C=O) groups excluding carboxylic acids is 2. The third-order valence-electron chi connectivity index (χ3n) is 3.74. The summed E-state index contributed by atoms with van der Waals surface area (Å²) in [6.07, 6.45) is 2.53. The number of aldehydes is 1. The van der Waals surface area contributed by atoms with Crippen molar-refractivity contribution in [3.05, 3.63) is 53.3 Å². The third-order valence-corrected chi connectivity index (χ3v) is 3.74. The fourth-order valence-corrected chi connectivity index (χ4v) is 2.56. The molecule has 0 aliphatic rings. The first kappa shape index (κ1) is 14.0. The van der Waals surface area contributed by atoms with Crippen LogP contribution in [-0.2, 0) is 0 Å². The van der Waals surface area contributed by atoms with E-state index in [1.54, 1.807) is 17.4 Å². The Kier molecular flexibility index (Phi) is 3.25. The molecule has 1 aromatic carbocycles. The van der Waals surface area contributed by atoms with E-state index < -0.39 is 0 Å². The normalized spacial score (nSPS) is 10.8. The van der Waals surface area contributed by atoms with Crippen LogP contribution in [0.5, 0.6) is 0 Å².